The molecule has 25 heavy (non-hydrogen) atoms. The predicted molar refractivity (Wildman–Crippen MR) is 89.6 cm³/mol. The van der Waals surface area contributed by atoms with Gasteiger partial charge in [-0.2, -0.15) is 4.98 Å². The Balaban J connectivity index is 2.58. The molecular formula is C12H12Cl2N6O4S. The van der Waals surface area contributed by atoms with E-state index in [9.17, 15) is 18.0 Å². The minimum absolute atomic E-state index is 0.0758. The van der Waals surface area contributed by atoms with Gasteiger partial charge in [0.1, 0.15) is 0 Å². The number of rotatable bonds is 3. The van der Waals surface area contributed by atoms with Crippen LogP contribution in [0.1, 0.15) is 10.4 Å². The van der Waals surface area contributed by atoms with E-state index in [2.05, 4.69) is 20.7 Å². The molecule has 0 saturated heterocycles. The van der Waals surface area contributed by atoms with Crippen molar-refractivity contribution in [2.24, 2.45) is 0 Å². The number of hydrogen-bond donors (Lipinski definition) is 3. The predicted octanol–water partition coefficient (Wildman–Crippen LogP) is 0.547. The third-order valence-electron chi connectivity index (χ3n) is 3.04. The standard InChI is InChI=1S/C12H12Cl2N6O4S/c1-16-9(21)8-6(13)3-5(4-7(8)14)25(23,24)11-18-10(15)20(19-11)12(22)17-2/h3-4H,1-2H3,(H,16,21)(H,17,22)(H2,15,18,19). The number of benzene rings is 1. The quantitative estimate of drug-likeness (QED) is 0.673. The number of nitrogens with zero attached hydrogens (tertiary/aromatic N) is 3. The Bertz CT molecular complexity index is 949. The minimum atomic E-state index is -4.28. The molecule has 10 nitrogen and oxygen atoms in total. The van der Waals surface area contributed by atoms with E-state index in [0.717, 1.165) is 12.1 Å². The van der Waals surface area contributed by atoms with Crippen LogP contribution in [0.3, 0.4) is 0 Å². The van der Waals surface area contributed by atoms with Crippen molar-refractivity contribution in [1.29, 1.82) is 0 Å². The van der Waals surface area contributed by atoms with Gasteiger partial charge in [-0.3, -0.25) is 4.79 Å². The Morgan fingerprint density at radius 1 is 1.16 bits per heavy atom. The van der Waals surface area contributed by atoms with E-state index >= 15 is 0 Å². The van der Waals surface area contributed by atoms with Crippen molar-refractivity contribution in [3.05, 3.63) is 27.7 Å². The molecule has 0 spiro atoms. The number of carbonyl (C=O) groups is 2. The molecule has 2 amide bonds. The number of nitrogens with two attached hydrogens (primary N) is 1. The zero-order valence-corrected chi connectivity index (χ0v) is 15.2. The molecule has 0 aliphatic rings. The molecule has 0 saturated carbocycles. The number of carbonyl (C=O) groups excluding carboxylic acids is 2. The maximum atomic E-state index is 12.6. The highest BCUT2D eigenvalue weighted by atomic mass is 35.5. The second kappa shape index (κ2) is 6.86. The summed E-state index contributed by atoms with van der Waals surface area (Å²) in [7, 11) is -1.59. The molecular weight excluding hydrogens is 395 g/mol. The van der Waals surface area contributed by atoms with Crippen molar-refractivity contribution in [2.75, 3.05) is 19.8 Å². The molecule has 0 atom stereocenters. The maximum absolute atomic E-state index is 12.6. The number of hydrogen-bond acceptors (Lipinski definition) is 7. The summed E-state index contributed by atoms with van der Waals surface area (Å²) in [5.74, 6) is -0.998. The molecule has 0 aliphatic carbocycles. The minimum Gasteiger partial charge on any atom is -0.368 e. The SMILES string of the molecule is CNC(=O)c1c(Cl)cc(S(=O)(=O)c2nc(N)n(C(=O)NC)n2)cc1Cl. The van der Waals surface area contributed by atoms with Crippen LogP contribution >= 0.6 is 23.2 Å². The lowest BCUT2D eigenvalue weighted by Crippen LogP contribution is -2.27. The van der Waals surface area contributed by atoms with Crippen LogP contribution in [0.2, 0.25) is 10.0 Å². The van der Waals surface area contributed by atoms with Crippen LogP contribution in [0.15, 0.2) is 22.2 Å². The van der Waals surface area contributed by atoms with Gasteiger partial charge in [0.2, 0.25) is 15.8 Å². The second-order valence-corrected chi connectivity index (χ2v) is 7.22. The van der Waals surface area contributed by atoms with Crippen LogP contribution in [0.25, 0.3) is 0 Å². The Morgan fingerprint density at radius 2 is 1.72 bits per heavy atom. The smallest absolute Gasteiger partial charge is 0.345 e. The third-order valence-corrected chi connectivity index (χ3v) is 5.15. The largest absolute Gasteiger partial charge is 0.368 e. The van der Waals surface area contributed by atoms with E-state index in [1.807, 2.05) is 0 Å². The van der Waals surface area contributed by atoms with Gasteiger partial charge in [-0.25, -0.2) is 13.2 Å². The van der Waals surface area contributed by atoms with Crippen LogP contribution in [0.4, 0.5) is 10.7 Å². The number of anilines is 1. The lowest BCUT2D eigenvalue weighted by molar-refractivity contribution is 0.0963. The first-order chi connectivity index (χ1) is 11.6. The molecule has 0 radical (unpaired) electrons. The van der Waals surface area contributed by atoms with Crippen molar-refractivity contribution in [3.63, 3.8) is 0 Å². The Kier molecular flexibility index (Phi) is 5.20. The average Bonchev–Trinajstić information content (AvgIpc) is 2.95. The van der Waals surface area contributed by atoms with Crippen LogP contribution in [-0.2, 0) is 9.84 Å². The summed E-state index contributed by atoms with van der Waals surface area (Å²) in [6.07, 6.45) is 0. The van der Waals surface area contributed by atoms with Gasteiger partial charge >= 0.3 is 6.03 Å². The highest BCUT2D eigenvalue weighted by Gasteiger charge is 2.28. The van der Waals surface area contributed by atoms with Crippen molar-refractivity contribution in [3.8, 4) is 0 Å². The molecule has 13 heteroatoms. The lowest BCUT2D eigenvalue weighted by Gasteiger charge is -2.08. The summed E-state index contributed by atoms with van der Waals surface area (Å²) >= 11 is 11.9. The van der Waals surface area contributed by atoms with E-state index in [1.54, 1.807) is 0 Å². The summed E-state index contributed by atoms with van der Waals surface area (Å²) in [4.78, 5) is 26.5. The number of amides is 2. The fraction of sp³-hybridized carbons (Fsp3) is 0.167. The summed E-state index contributed by atoms with van der Waals surface area (Å²) in [6.45, 7) is 0. The van der Waals surface area contributed by atoms with Gasteiger partial charge in [-0.05, 0) is 12.1 Å². The second-order valence-electron chi connectivity index (χ2n) is 4.56. The molecule has 4 N–H and O–H groups in total. The van der Waals surface area contributed by atoms with Gasteiger partial charge in [0.05, 0.1) is 20.5 Å². The summed E-state index contributed by atoms with van der Waals surface area (Å²) < 4.78 is 25.8. The van der Waals surface area contributed by atoms with Gasteiger partial charge in [-0.1, -0.05) is 23.2 Å². The number of halogens is 2. The van der Waals surface area contributed by atoms with Crippen molar-refractivity contribution < 1.29 is 18.0 Å². The van der Waals surface area contributed by atoms with E-state index in [1.165, 1.54) is 14.1 Å². The maximum Gasteiger partial charge on any atom is 0.345 e. The van der Waals surface area contributed by atoms with Crippen molar-refractivity contribution >= 4 is 50.9 Å². The van der Waals surface area contributed by atoms with Crippen molar-refractivity contribution in [1.82, 2.24) is 25.4 Å². The molecule has 2 rings (SSSR count). The van der Waals surface area contributed by atoms with E-state index < -0.39 is 32.9 Å². The van der Waals surface area contributed by atoms with Gasteiger partial charge in [0.15, 0.2) is 0 Å². The van der Waals surface area contributed by atoms with Gasteiger partial charge in [0.25, 0.3) is 11.1 Å². The summed E-state index contributed by atoms with van der Waals surface area (Å²) in [5.41, 5.74) is 5.42. The number of nitrogens with one attached hydrogen (secondary N) is 2. The van der Waals surface area contributed by atoms with Crippen LogP contribution < -0.4 is 16.4 Å². The normalized spacial score (nSPS) is 11.2. The van der Waals surface area contributed by atoms with Crippen molar-refractivity contribution in [2.45, 2.75) is 10.1 Å². The third kappa shape index (κ3) is 3.38. The number of nitrogen functional groups attached to an aromatic ring is 1. The topological polar surface area (TPSA) is 149 Å². The zero-order chi connectivity index (χ0) is 18.9. The first-order valence-corrected chi connectivity index (χ1v) is 8.78. The first-order valence-electron chi connectivity index (χ1n) is 6.54. The molecule has 2 aromatic rings. The van der Waals surface area contributed by atoms with Gasteiger partial charge < -0.3 is 16.4 Å². The molecule has 0 fully saturated rings. The van der Waals surface area contributed by atoms with Gasteiger partial charge in [0, 0.05) is 14.1 Å². The highest BCUT2D eigenvalue weighted by molar-refractivity contribution is 7.91. The highest BCUT2D eigenvalue weighted by Crippen LogP contribution is 2.30. The fourth-order valence-corrected chi connectivity index (χ4v) is 3.77. The van der Waals surface area contributed by atoms with E-state index in [4.69, 9.17) is 28.9 Å². The van der Waals surface area contributed by atoms with E-state index in [-0.39, 0.29) is 20.5 Å². The monoisotopic (exact) mass is 406 g/mol. The van der Waals surface area contributed by atoms with Crippen LogP contribution in [-0.4, -0.2) is 49.2 Å². The Morgan fingerprint density at radius 3 is 2.20 bits per heavy atom. The fourth-order valence-electron chi connectivity index (χ4n) is 1.83. The molecule has 134 valence electrons. The molecule has 0 unspecified atom stereocenters. The number of aromatic nitrogens is 3. The zero-order valence-electron chi connectivity index (χ0n) is 12.9. The summed E-state index contributed by atoms with van der Waals surface area (Å²) in [6, 6.07) is 1.30. The summed E-state index contributed by atoms with van der Waals surface area (Å²) in [5, 5.41) is 7.08. The van der Waals surface area contributed by atoms with Crippen LogP contribution in [0.5, 0.6) is 0 Å². The Hall–Kier alpha value is -2.37. The molecule has 1 aromatic carbocycles. The number of sulfone groups is 1. The molecule has 1 heterocycles. The molecule has 1 aromatic heterocycles. The lowest BCUT2D eigenvalue weighted by atomic mass is 10.2. The molecule has 0 bridgehead atoms. The van der Waals surface area contributed by atoms with E-state index in [0.29, 0.717) is 4.68 Å². The van der Waals surface area contributed by atoms with Crippen LogP contribution in [0, 0.1) is 0 Å². The molecule has 0 aliphatic heterocycles. The first kappa shape index (κ1) is 19.0. The average molecular weight is 407 g/mol. The van der Waals surface area contributed by atoms with Gasteiger partial charge in [-0.15, -0.1) is 9.78 Å². The Labute approximate surface area is 152 Å².